The van der Waals surface area contributed by atoms with Crippen molar-refractivity contribution in [1.29, 1.82) is 0 Å². The van der Waals surface area contributed by atoms with Crippen molar-refractivity contribution in [3.63, 3.8) is 0 Å². The summed E-state index contributed by atoms with van der Waals surface area (Å²) in [5, 5.41) is 5.72. The summed E-state index contributed by atoms with van der Waals surface area (Å²) < 4.78 is 0. The van der Waals surface area contributed by atoms with Gasteiger partial charge in [-0.3, -0.25) is 0 Å². The van der Waals surface area contributed by atoms with Gasteiger partial charge in [-0.15, -0.1) is 0 Å². The lowest BCUT2D eigenvalue weighted by molar-refractivity contribution is 0.593. The van der Waals surface area contributed by atoms with Crippen LogP contribution in [0.25, 0.3) is 21.5 Å². The molecular weight excluding hydrogens is 240 g/mol. The Labute approximate surface area is 120 Å². The molecule has 0 aliphatic heterocycles. The molecule has 100 valence electrons. The molecule has 0 saturated carbocycles. The van der Waals surface area contributed by atoms with Crippen molar-refractivity contribution in [3.8, 4) is 0 Å². The quantitative estimate of drug-likeness (QED) is 0.452. The first-order valence-corrected chi connectivity index (χ1v) is 7.69. The smallest absolute Gasteiger partial charge is 0.0102 e. The lowest BCUT2D eigenvalue weighted by Gasteiger charge is -2.24. The highest BCUT2D eigenvalue weighted by atomic mass is 14.2. The van der Waals surface area contributed by atoms with Crippen LogP contribution in [0.15, 0.2) is 42.5 Å². The molecule has 3 aromatic carbocycles. The predicted molar refractivity (Wildman–Crippen MR) is 87.5 cm³/mol. The van der Waals surface area contributed by atoms with Crippen molar-refractivity contribution in [2.45, 2.75) is 39.0 Å². The molecule has 1 aliphatic carbocycles. The first-order valence-electron chi connectivity index (χ1n) is 7.69. The van der Waals surface area contributed by atoms with E-state index in [9.17, 15) is 0 Å². The van der Waals surface area contributed by atoms with Gasteiger partial charge >= 0.3 is 0 Å². The van der Waals surface area contributed by atoms with E-state index in [1.807, 2.05) is 0 Å². The van der Waals surface area contributed by atoms with Crippen molar-refractivity contribution >= 4 is 21.5 Å². The van der Waals surface area contributed by atoms with Crippen LogP contribution in [-0.4, -0.2) is 0 Å². The zero-order valence-corrected chi connectivity index (χ0v) is 12.2. The van der Waals surface area contributed by atoms with Gasteiger partial charge in [0.25, 0.3) is 0 Å². The average Bonchev–Trinajstić information content (AvgIpc) is 2.48. The van der Waals surface area contributed by atoms with E-state index in [0.29, 0.717) is 0 Å². The van der Waals surface area contributed by atoms with Crippen molar-refractivity contribution in [1.82, 2.24) is 0 Å². The van der Waals surface area contributed by atoms with Gasteiger partial charge in [-0.2, -0.15) is 0 Å². The Balaban J connectivity index is 2.17. The molecule has 0 amide bonds. The molecular formula is C20H20. The zero-order chi connectivity index (χ0) is 13.7. The van der Waals surface area contributed by atoms with Gasteiger partial charge in [0.2, 0.25) is 0 Å². The predicted octanol–water partition coefficient (Wildman–Crippen LogP) is 5.74. The van der Waals surface area contributed by atoms with E-state index in [1.165, 1.54) is 46.4 Å². The SMILES string of the molecule is Cc1cc2c3c(ccc2c2ccccc12)C(C)CCC3. The third-order valence-corrected chi connectivity index (χ3v) is 4.99. The summed E-state index contributed by atoms with van der Waals surface area (Å²) in [6.45, 7) is 4.62. The van der Waals surface area contributed by atoms with Gasteiger partial charge in [-0.05, 0) is 70.3 Å². The Morgan fingerprint density at radius 3 is 2.50 bits per heavy atom. The van der Waals surface area contributed by atoms with Crippen LogP contribution < -0.4 is 0 Å². The highest BCUT2D eigenvalue weighted by Crippen LogP contribution is 2.38. The second-order valence-electron chi connectivity index (χ2n) is 6.26. The van der Waals surface area contributed by atoms with Gasteiger partial charge in [0, 0.05) is 0 Å². The van der Waals surface area contributed by atoms with Crippen LogP contribution in [0.1, 0.15) is 42.4 Å². The second-order valence-corrected chi connectivity index (χ2v) is 6.26. The van der Waals surface area contributed by atoms with Crippen molar-refractivity contribution in [2.75, 3.05) is 0 Å². The summed E-state index contributed by atoms with van der Waals surface area (Å²) in [5.74, 6) is 0.718. The third kappa shape index (κ3) is 1.61. The fourth-order valence-electron chi connectivity index (χ4n) is 3.92. The fraction of sp³-hybridized carbons (Fsp3) is 0.300. The Morgan fingerprint density at radius 1 is 0.900 bits per heavy atom. The molecule has 1 unspecified atom stereocenters. The lowest BCUT2D eigenvalue weighted by atomic mass is 9.80. The first-order chi connectivity index (χ1) is 9.75. The maximum absolute atomic E-state index is 2.41. The van der Waals surface area contributed by atoms with Crippen LogP contribution in [0.3, 0.4) is 0 Å². The Bertz CT molecular complexity index is 811. The van der Waals surface area contributed by atoms with Crippen LogP contribution in [0.5, 0.6) is 0 Å². The third-order valence-electron chi connectivity index (χ3n) is 4.99. The van der Waals surface area contributed by atoms with Gasteiger partial charge in [0.05, 0.1) is 0 Å². The summed E-state index contributed by atoms with van der Waals surface area (Å²) in [5.41, 5.74) is 4.59. The number of benzene rings is 3. The molecule has 4 rings (SSSR count). The van der Waals surface area contributed by atoms with Gasteiger partial charge < -0.3 is 0 Å². The fourth-order valence-corrected chi connectivity index (χ4v) is 3.92. The zero-order valence-electron chi connectivity index (χ0n) is 12.2. The molecule has 1 atom stereocenters. The number of rotatable bonds is 0. The first kappa shape index (κ1) is 12.0. The number of fused-ring (bicyclic) bond motifs is 5. The summed E-state index contributed by atoms with van der Waals surface area (Å²) in [6.07, 6.45) is 3.92. The molecule has 0 fully saturated rings. The number of aryl methyl sites for hydroxylation is 2. The topological polar surface area (TPSA) is 0 Å². The maximum atomic E-state index is 2.41. The summed E-state index contributed by atoms with van der Waals surface area (Å²) in [7, 11) is 0. The van der Waals surface area contributed by atoms with E-state index in [1.54, 1.807) is 11.1 Å². The normalized spacial score (nSPS) is 18.4. The van der Waals surface area contributed by atoms with Crippen molar-refractivity contribution < 1.29 is 0 Å². The van der Waals surface area contributed by atoms with Crippen molar-refractivity contribution in [3.05, 3.63) is 59.2 Å². The highest BCUT2D eigenvalue weighted by Gasteiger charge is 2.19. The Hall–Kier alpha value is -1.82. The molecule has 0 heterocycles. The molecule has 1 aliphatic rings. The minimum Gasteiger partial charge on any atom is -0.0616 e. The second kappa shape index (κ2) is 4.34. The molecule has 3 aromatic rings. The molecule has 0 saturated heterocycles. The summed E-state index contributed by atoms with van der Waals surface area (Å²) in [6, 6.07) is 15.9. The Kier molecular flexibility index (Phi) is 2.60. The standard InChI is InChI=1S/C20H20/c1-13-6-5-9-18-16(13)10-11-19-17-8-4-3-7-15(17)14(2)12-20(18)19/h3-4,7-8,10-13H,5-6,9H2,1-2H3. The van der Waals surface area contributed by atoms with E-state index in [0.717, 1.165) is 5.92 Å². The van der Waals surface area contributed by atoms with Crippen LogP contribution >= 0.6 is 0 Å². The van der Waals surface area contributed by atoms with Crippen molar-refractivity contribution in [2.24, 2.45) is 0 Å². The number of hydrogen-bond acceptors (Lipinski definition) is 0. The molecule has 0 heteroatoms. The van der Waals surface area contributed by atoms with E-state index in [-0.39, 0.29) is 0 Å². The molecule has 0 spiro atoms. The van der Waals surface area contributed by atoms with E-state index in [2.05, 4.69) is 56.3 Å². The molecule has 0 aromatic heterocycles. The van der Waals surface area contributed by atoms with Crippen LogP contribution in [0, 0.1) is 6.92 Å². The van der Waals surface area contributed by atoms with Gasteiger partial charge in [0.15, 0.2) is 0 Å². The largest absolute Gasteiger partial charge is 0.0616 e. The highest BCUT2D eigenvalue weighted by molar-refractivity contribution is 6.10. The Morgan fingerprint density at radius 2 is 1.65 bits per heavy atom. The van der Waals surface area contributed by atoms with Crippen LogP contribution in [0.2, 0.25) is 0 Å². The summed E-state index contributed by atoms with van der Waals surface area (Å²) >= 11 is 0. The number of hydrogen-bond donors (Lipinski definition) is 0. The minimum atomic E-state index is 0.718. The average molecular weight is 260 g/mol. The molecule has 0 bridgehead atoms. The lowest BCUT2D eigenvalue weighted by Crippen LogP contribution is -2.07. The minimum absolute atomic E-state index is 0.718. The maximum Gasteiger partial charge on any atom is -0.0102 e. The van der Waals surface area contributed by atoms with E-state index < -0.39 is 0 Å². The molecule has 0 nitrogen and oxygen atoms in total. The van der Waals surface area contributed by atoms with Gasteiger partial charge in [-0.25, -0.2) is 0 Å². The van der Waals surface area contributed by atoms with Crippen LogP contribution in [-0.2, 0) is 6.42 Å². The molecule has 0 radical (unpaired) electrons. The van der Waals surface area contributed by atoms with Gasteiger partial charge in [-0.1, -0.05) is 49.4 Å². The van der Waals surface area contributed by atoms with E-state index >= 15 is 0 Å². The van der Waals surface area contributed by atoms with Crippen LogP contribution in [0.4, 0.5) is 0 Å². The van der Waals surface area contributed by atoms with E-state index in [4.69, 9.17) is 0 Å². The summed E-state index contributed by atoms with van der Waals surface area (Å²) in [4.78, 5) is 0. The van der Waals surface area contributed by atoms with Gasteiger partial charge in [0.1, 0.15) is 0 Å². The molecule has 0 N–H and O–H groups in total. The molecule has 20 heavy (non-hydrogen) atoms. The monoisotopic (exact) mass is 260 g/mol.